The van der Waals surface area contributed by atoms with Crippen molar-refractivity contribution in [3.05, 3.63) is 162 Å². The SMILES string of the molecule is CC1(C)c2ccccc2-c2cc(N(c3ccc4cc5oc6ccccc6c5cc4c3)c3cccc4c3-c3ccccc3C4(C)C)ccc21. The van der Waals surface area contributed by atoms with Crippen LogP contribution in [0.25, 0.3) is 55.0 Å². The largest absolute Gasteiger partial charge is 0.456 e. The Labute approximate surface area is 280 Å². The second-order valence-electron chi connectivity index (χ2n) is 14.6. The summed E-state index contributed by atoms with van der Waals surface area (Å²) in [6, 6.07) is 51.5. The van der Waals surface area contributed by atoms with Crippen LogP contribution in [-0.2, 0) is 10.8 Å². The van der Waals surface area contributed by atoms with Crippen LogP contribution in [0, 0.1) is 0 Å². The van der Waals surface area contributed by atoms with Crippen LogP contribution in [0.1, 0.15) is 49.9 Å². The lowest BCUT2D eigenvalue weighted by Gasteiger charge is -2.30. The predicted molar refractivity (Wildman–Crippen MR) is 201 cm³/mol. The summed E-state index contributed by atoms with van der Waals surface area (Å²) < 4.78 is 6.26. The molecule has 2 aliphatic carbocycles. The molecule has 0 aliphatic heterocycles. The number of anilines is 3. The highest BCUT2D eigenvalue weighted by Crippen LogP contribution is 2.55. The van der Waals surface area contributed by atoms with Crippen LogP contribution in [0.4, 0.5) is 17.1 Å². The Morgan fingerprint density at radius 2 is 1.08 bits per heavy atom. The highest BCUT2D eigenvalue weighted by Gasteiger charge is 2.39. The van der Waals surface area contributed by atoms with Crippen molar-refractivity contribution in [3.63, 3.8) is 0 Å². The quantitative estimate of drug-likeness (QED) is 0.196. The maximum Gasteiger partial charge on any atom is 0.136 e. The first-order chi connectivity index (χ1) is 23.3. The molecule has 8 aromatic rings. The molecule has 0 saturated heterocycles. The van der Waals surface area contributed by atoms with Gasteiger partial charge in [0.2, 0.25) is 0 Å². The van der Waals surface area contributed by atoms with E-state index in [9.17, 15) is 0 Å². The molecule has 230 valence electrons. The third-order valence-electron chi connectivity index (χ3n) is 11.2. The Hall–Kier alpha value is -5.60. The average Bonchev–Trinajstić information content (AvgIpc) is 3.67. The van der Waals surface area contributed by atoms with Crippen LogP contribution in [0.15, 0.2) is 144 Å². The smallest absolute Gasteiger partial charge is 0.136 e. The van der Waals surface area contributed by atoms with Crippen molar-refractivity contribution in [2.45, 2.75) is 38.5 Å². The summed E-state index contributed by atoms with van der Waals surface area (Å²) in [6.07, 6.45) is 0. The van der Waals surface area contributed by atoms with Crippen LogP contribution in [-0.4, -0.2) is 0 Å². The van der Waals surface area contributed by atoms with Gasteiger partial charge in [-0.25, -0.2) is 0 Å². The predicted octanol–water partition coefficient (Wildman–Crippen LogP) is 12.8. The van der Waals surface area contributed by atoms with E-state index >= 15 is 0 Å². The molecule has 0 unspecified atom stereocenters. The van der Waals surface area contributed by atoms with Crippen LogP contribution >= 0.6 is 0 Å². The summed E-state index contributed by atoms with van der Waals surface area (Å²) in [5.74, 6) is 0. The molecule has 0 saturated carbocycles. The number of hydrogen-bond donors (Lipinski definition) is 0. The molecule has 10 rings (SSSR count). The summed E-state index contributed by atoms with van der Waals surface area (Å²) in [5, 5.41) is 4.66. The number of rotatable bonds is 3. The second-order valence-corrected chi connectivity index (χ2v) is 14.6. The Kier molecular flexibility index (Phi) is 5.44. The highest BCUT2D eigenvalue weighted by atomic mass is 16.3. The van der Waals surface area contributed by atoms with E-state index in [-0.39, 0.29) is 10.8 Å². The van der Waals surface area contributed by atoms with Crippen LogP contribution in [0.3, 0.4) is 0 Å². The molecule has 0 bridgehead atoms. The fraction of sp³-hybridized carbons (Fsp3) is 0.130. The summed E-state index contributed by atoms with van der Waals surface area (Å²) in [7, 11) is 0. The van der Waals surface area contributed by atoms with Gasteiger partial charge < -0.3 is 9.32 Å². The lowest BCUT2D eigenvalue weighted by atomic mass is 9.82. The maximum atomic E-state index is 6.26. The van der Waals surface area contributed by atoms with E-state index < -0.39 is 0 Å². The van der Waals surface area contributed by atoms with E-state index in [2.05, 4.69) is 166 Å². The molecule has 7 aromatic carbocycles. The van der Waals surface area contributed by atoms with Gasteiger partial charge in [0.25, 0.3) is 0 Å². The van der Waals surface area contributed by atoms with Gasteiger partial charge in [0, 0.05) is 38.5 Å². The topological polar surface area (TPSA) is 16.4 Å². The van der Waals surface area contributed by atoms with E-state index in [0.29, 0.717) is 0 Å². The number of furan rings is 1. The van der Waals surface area contributed by atoms with Crippen molar-refractivity contribution in [1.82, 2.24) is 0 Å². The molecule has 0 amide bonds. The highest BCUT2D eigenvalue weighted by molar-refractivity contribution is 6.10. The van der Waals surface area contributed by atoms with Crippen molar-refractivity contribution in [1.29, 1.82) is 0 Å². The van der Waals surface area contributed by atoms with E-state index in [1.165, 1.54) is 61.0 Å². The lowest BCUT2D eigenvalue weighted by molar-refractivity contribution is 0.660. The molecule has 0 spiro atoms. The molecule has 0 radical (unpaired) electrons. The Balaban J connectivity index is 1.25. The first-order valence-corrected chi connectivity index (χ1v) is 16.9. The summed E-state index contributed by atoms with van der Waals surface area (Å²) in [5.41, 5.74) is 16.0. The van der Waals surface area contributed by atoms with E-state index in [4.69, 9.17) is 4.42 Å². The summed E-state index contributed by atoms with van der Waals surface area (Å²) >= 11 is 0. The minimum absolute atomic E-state index is 0.0477. The van der Waals surface area contributed by atoms with Crippen molar-refractivity contribution >= 4 is 49.8 Å². The minimum atomic E-state index is -0.0914. The summed E-state index contributed by atoms with van der Waals surface area (Å²) in [4.78, 5) is 2.49. The number of fused-ring (bicyclic) bond motifs is 10. The molecule has 2 aliphatic rings. The molecule has 0 atom stereocenters. The van der Waals surface area contributed by atoms with Gasteiger partial charge >= 0.3 is 0 Å². The maximum absolute atomic E-state index is 6.26. The third kappa shape index (κ3) is 3.63. The molecule has 48 heavy (non-hydrogen) atoms. The van der Waals surface area contributed by atoms with Gasteiger partial charge in [-0.3, -0.25) is 0 Å². The van der Waals surface area contributed by atoms with E-state index in [1.807, 2.05) is 6.07 Å². The molecule has 1 heterocycles. The fourth-order valence-corrected chi connectivity index (χ4v) is 8.79. The lowest BCUT2D eigenvalue weighted by Crippen LogP contribution is -2.16. The Morgan fingerprint density at radius 1 is 0.438 bits per heavy atom. The van der Waals surface area contributed by atoms with Gasteiger partial charge in [0.1, 0.15) is 11.2 Å². The van der Waals surface area contributed by atoms with Crippen molar-refractivity contribution in [2.75, 3.05) is 4.90 Å². The Morgan fingerprint density at radius 3 is 1.94 bits per heavy atom. The first-order valence-electron chi connectivity index (χ1n) is 16.9. The minimum Gasteiger partial charge on any atom is -0.456 e. The van der Waals surface area contributed by atoms with Gasteiger partial charge in [-0.1, -0.05) is 119 Å². The zero-order valence-electron chi connectivity index (χ0n) is 27.6. The first kappa shape index (κ1) is 27.5. The molecule has 2 nitrogen and oxygen atoms in total. The number of para-hydroxylation sites is 1. The fourth-order valence-electron chi connectivity index (χ4n) is 8.79. The molecule has 0 N–H and O–H groups in total. The van der Waals surface area contributed by atoms with Gasteiger partial charge in [-0.2, -0.15) is 0 Å². The zero-order chi connectivity index (χ0) is 32.4. The normalized spacial score (nSPS) is 15.0. The summed E-state index contributed by atoms with van der Waals surface area (Å²) in [6.45, 7) is 9.41. The number of hydrogen-bond acceptors (Lipinski definition) is 2. The third-order valence-corrected chi connectivity index (χ3v) is 11.2. The van der Waals surface area contributed by atoms with Gasteiger partial charge in [-0.15, -0.1) is 0 Å². The standard InChI is InChI=1S/C46H35NO/c1-45(2)37-15-8-5-12-32(37)35-27-31(22-23-39(35)45)47(41-18-11-17-40-44(41)34-14-6-9-16-38(34)46(40,3)4)30-21-20-28-26-43-36(25-29(28)24-30)33-13-7-10-19-42(33)48-43/h5-27H,1-4H3. The van der Waals surface area contributed by atoms with Crippen LogP contribution in [0.2, 0.25) is 0 Å². The van der Waals surface area contributed by atoms with Gasteiger partial charge in [0.05, 0.1) is 5.69 Å². The number of nitrogens with zero attached hydrogens (tertiary/aromatic N) is 1. The molecular formula is C46H35NO. The molecule has 2 heteroatoms. The molecular weight excluding hydrogens is 583 g/mol. The second kappa shape index (κ2) is 9.49. The molecule has 1 aromatic heterocycles. The van der Waals surface area contributed by atoms with Crippen molar-refractivity contribution in [3.8, 4) is 22.3 Å². The van der Waals surface area contributed by atoms with Gasteiger partial charge in [-0.05, 0) is 98.2 Å². The average molecular weight is 618 g/mol. The van der Waals surface area contributed by atoms with Crippen molar-refractivity contribution < 1.29 is 4.42 Å². The zero-order valence-corrected chi connectivity index (χ0v) is 27.6. The van der Waals surface area contributed by atoms with E-state index in [1.54, 1.807) is 0 Å². The van der Waals surface area contributed by atoms with Crippen LogP contribution in [0.5, 0.6) is 0 Å². The van der Waals surface area contributed by atoms with Crippen molar-refractivity contribution in [2.24, 2.45) is 0 Å². The number of benzene rings is 7. The van der Waals surface area contributed by atoms with E-state index in [0.717, 1.165) is 33.3 Å². The van der Waals surface area contributed by atoms with Gasteiger partial charge in [0.15, 0.2) is 0 Å². The van der Waals surface area contributed by atoms with Crippen LogP contribution < -0.4 is 4.90 Å². The molecule has 0 fully saturated rings. The Bertz CT molecular complexity index is 2630. The monoisotopic (exact) mass is 617 g/mol.